The van der Waals surface area contributed by atoms with Crippen molar-refractivity contribution in [2.75, 3.05) is 11.9 Å². The molecule has 0 bridgehead atoms. The Morgan fingerprint density at radius 2 is 1.70 bits per heavy atom. The maximum absolute atomic E-state index is 12.4. The molecule has 3 N–H and O–H groups in total. The van der Waals surface area contributed by atoms with Crippen LogP contribution >= 0.6 is 0 Å². The third kappa shape index (κ3) is 10.8. The lowest BCUT2D eigenvalue weighted by Crippen LogP contribution is -2.53. The van der Waals surface area contributed by atoms with Crippen molar-refractivity contribution < 1.29 is 24.2 Å². The van der Waals surface area contributed by atoms with E-state index in [0.717, 1.165) is 36.8 Å². The highest BCUT2D eigenvalue weighted by Crippen LogP contribution is 2.23. The molecular weight excluding hydrogens is 470 g/mol. The molecule has 0 radical (unpaired) electrons. The second-order valence-corrected chi connectivity index (χ2v) is 10.6. The first-order valence-electron chi connectivity index (χ1n) is 13.2. The summed E-state index contributed by atoms with van der Waals surface area (Å²) in [6.07, 6.45) is 4.88. The second kappa shape index (κ2) is 14.0. The Balaban J connectivity index is 1.49. The van der Waals surface area contributed by atoms with Gasteiger partial charge < -0.3 is 14.6 Å². The molecule has 0 saturated heterocycles. The summed E-state index contributed by atoms with van der Waals surface area (Å²) in [6, 6.07) is 17.2. The van der Waals surface area contributed by atoms with Crippen molar-refractivity contribution in [2.24, 2.45) is 0 Å². The molecule has 202 valence electrons. The fourth-order valence-corrected chi connectivity index (χ4v) is 4.43. The van der Waals surface area contributed by atoms with Gasteiger partial charge in [-0.15, -0.1) is 0 Å². The summed E-state index contributed by atoms with van der Waals surface area (Å²) in [5.74, 6) is 0. The fraction of sp³-hybridized carbons (Fsp3) is 0.517. The molecule has 0 aliphatic heterocycles. The van der Waals surface area contributed by atoms with Gasteiger partial charge in [-0.25, -0.2) is 14.6 Å². The van der Waals surface area contributed by atoms with Crippen LogP contribution in [0.1, 0.15) is 70.4 Å². The molecule has 8 nitrogen and oxygen atoms in total. The van der Waals surface area contributed by atoms with Crippen molar-refractivity contribution in [2.45, 2.75) is 90.1 Å². The summed E-state index contributed by atoms with van der Waals surface area (Å²) in [5, 5.41) is 15.4. The Bertz CT molecular complexity index is 987. The van der Waals surface area contributed by atoms with E-state index < -0.39 is 23.9 Å². The summed E-state index contributed by atoms with van der Waals surface area (Å²) in [7, 11) is 0. The van der Waals surface area contributed by atoms with Gasteiger partial charge in [-0.2, -0.15) is 0 Å². The fourth-order valence-electron chi connectivity index (χ4n) is 4.43. The van der Waals surface area contributed by atoms with Gasteiger partial charge in [-0.3, -0.25) is 10.7 Å². The molecule has 0 spiro atoms. The summed E-state index contributed by atoms with van der Waals surface area (Å²) in [4.78, 5) is 24.6. The van der Waals surface area contributed by atoms with Gasteiger partial charge in [0.15, 0.2) is 0 Å². The average molecular weight is 512 g/mol. The van der Waals surface area contributed by atoms with E-state index in [9.17, 15) is 14.7 Å². The van der Waals surface area contributed by atoms with Crippen LogP contribution in [-0.2, 0) is 22.5 Å². The van der Waals surface area contributed by atoms with Crippen LogP contribution in [0, 0.1) is 0 Å². The molecule has 1 fully saturated rings. The highest BCUT2D eigenvalue weighted by Gasteiger charge is 2.26. The van der Waals surface area contributed by atoms with Gasteiger partial charge in [0, 0.05) is 18.3 Å². The maximum Gasteiger partial charge on any atom is 0.422 e. The van der Waals surface area contributed by atoms with E-state index in [0.29, 0.717) is 25.1 Å². The molecule has 0 unspecified atom stereocenters. The number of benzene rings is 2. The number of ether oxygens (including phenoxy) is 2. The molecule has 0 aromatic heterocycles. The Morgan fingerprint density at radius 1 is 1.00 bits per heavy atom. The third-order valence-electron chi connectivity index (χ3n) is 6.21. The monoisotopic (exact) mass is 511 g/mol. The average Bonchev–Trinajstić information content (AvgIpc) is 2.86. The number of aliphatic hydroxyl groups is 1. The molecule has 2 aromatic rings. The van der Waals surface area contributed by atoms with Gasteiger partial charge in [-0.05, 0) is 69.7 Å². The number of rotatable bonds is 10. The third-order valence-corrected chi connectivity index (χ3v) is 6.21. The molecule has 1 aliphatic carbocycles. The van der Waals surface area contributed by atoms with Crippen LogP contribution in [0.2, 0.25) is 0 Å². The van der Waals surface area contributed by atoms with Gasteiger partial charge in [0.2, 0.25) is 0 Å². The van der Waals surface area contributed by atoms with Crippen LogP contribution in [0.25, 0.3) is 0 Å². The van der Waals surface area contributed by atoms with Crippen molar-refractivity contribution in [3.63, 3.8) is 0 Å². The summed E-state index contributed by atoms with van der Waals surface area (Å²) in [5.41, 5.74) is 4.84. The van der Waals surface area contributed by atoms with Gasteiger partial charge in [0.25, 0.3) is 0 Å². The molecule has 0 heterocycles. The highest BCUT2D eigenvalue weighted by molar-refractivity contribution is 5.84. The zero-order valence-electron chi connectivity index (χ0n) is 22.2. The number of carbonyl (C=O) groups is 2. The summed E-state index contributed by atoms with van der Waals surface area (Å²) < 4.78 is 10.7. The number of hydrogen-bond acceptors (Lipinski definition) is 6. The lowest BCUT2D eigenvalue weighted by molar-refractivity contribution is 0.00195. The smallest absolute Gasteiger partial charge is 0.422 e. The first-order chi connectivity index (χ1) is 17.7. The second-order valence-electron chi connectivity index (χ2n) is 10.6. The van der Waals surface area contributed by atoms with Crippen molar-refractivity contribution >= 4 is 17.9 Å². The first-order valence-corrected chi connectivity index (χ1v) is 13.2. The lowest BCUT2D eigenvalue weighted by atomic mass is 9.94. The Hall–Kier alpha value is -3.10. The van der Waals surface area contributed by atoms with Crippen LogP contribution in [0.3, 0.4) is 0 Å². The Labute approximate surface area is 220 Å². The molecule has 1 aliphatic rings. The largest absolute Gasteiger partial charge is 0.444 e. The van der Waals surface area contributed by atoms with Crippen LogP contribution in [-0.4, -0.2) is 46.6 Å². The number of hydrogen-bond donors (Lipinski definition) is 3. The zero-order valence-corrected chi connectivity index (χ0v) is 22.2. The van der Waals surface area contributed by atoms with E-state index in [4.69, 9.17) is 9.47 Å². The highest BCUT2D eigenvalue weighted by atomic mass is 16.6. The van der Waals surface area contributed by atoms with E-state index in [1.54, 1.807) is 6.07 Å². The predicted molar refractivity (Wildman–Crippen MR) is 144 cm³/mol. The van der Waals surface area contributed by atoms with Gasteiger partial charge in [0.05, 0.1) is 6.10 Å². The van der Waals surface area contributed by atoms with E-state index in [2.05, 4.69) is 10.7 Å². The number of carbonyl (C=O) groups excluding carboxylic acids is 2. The maximum atomic E-state index is 12.4. The van der Waals surface area contributed by atoms with Crippen LogP contribution in [0.15, 0.2) is 54.6 Å². The standard InChI is InChI=1S/C29H41N3O5/c1-29(2,3)37-28(35)31-32(25-15-8-5-9-16-25)20-26(33)18-17-22-13-10-14-24(19-22)30-27(34)36-21-23-11-6-4-7-12-23/h4,6-7,10-14,19,25-26,33H,5,8-9,15-18,20-21H2,1-3H3,(H,30,34)(H,31,35)/t26-/m0/s1. The minimum atomic E-state index is -0.635. The molecule has 3 rings (SSSR count). The van der Waals surface area contributed by atoms with Crippen LogP contribution in [0.4, 0.5) is 15.3 Å². The number of amides is 2. The number of nitrogens with zero attached hydrogens (tertiary/aromatic N) is 1. The predicted octanol–water partition coefficient (Wildman–Crippen LogP) is 5.80. The topological polar surface area (TPSA) is 100 Å². The summed E-state index contributed by atoms with van der Waals surface area (Å²) >= 11 is 0. The van der Waals surface area contributed by atoms with Crippen LogP contribution < -0.4 is 10.7 Å². The van der Waals surface area contributed by atoms with Crippen LogP contribution in [0.5, 0.6) is 0 Å². The van der Waals surface area contributed by atoms with Crippen molar-refractivity contribution in [3.8, 4) is 0 Å². The zero-order chi connectivity index (χ0) is 26.7. The Morgan fingerprint density at radius 3 is 2.41 bits per heavy atom. The SMILES string of the molecule is CC(C)(C)OC(=O)NN(C[C@@H](O)CCc1cccc(NC(=O)OCc2ccccc2)c1)C1CCCCC1. The number of aryl methyl sites for hydroxylation is 1. The minimum Gasteiger partial charge on any atom is -0.444 e. The summed E-state index contributed by atoms with van der Waals surface area (Å²) in [6.45, 7) is 6.02. The molecular formula is C29H41N3O5. The molecule has 8 heteroatoms. The molecule has 2 amide bonds. The van der Waals surface area contributed by atoms with E-state index in [-0.39, 0.29) is 12.6 Å². The van der Waals surface area contributed by atoms with E-state index in [1.807, 2.05) is 74.3 Å². The van der Waals surface area contributed by atoms with E-state index >= 15 is 0 Å². The first kappa shape index (κ1) is 28.5. The number of nitrogens with one attached hydrogen (secondary N) is 2. The number of anilines is 1. The quantitative estimate of drug-likeness (QED) is 0.349. The van der Waals surface area contributed by atoms with Gasteiger partial charge in [0.1, 0.15) is 12.2 Å². The number of aliphatic hydroxyl groups excluding tert-OH is 1. The van der Waals surface area contributed by atoms with Crippen molar-refractivity contribution in [3.05, 3.63) is 65.7 Å². The molecule has 1 atom stereocenters. The van der Waals surface area contributed by atoms with Crippen molar-refractivity contribution in [1.82, 2.24) is 10.4 Å². The lowest BCUT2D eigenvalue weighted by Gasteiger charge is -2.36. The van der Waals surface area contributed by atoms with Crippen molar-refractivity contribution in [1.29, 1.82) is 0 Å². The Kier molecular flexibility index (Phi) is 10.8. The molecule has 2 aromatic carbocycles. The molecule has 37 heavy (non-hydrogen) atoms. The van der Waals surface area contributed by atoms with Gasteiger partial charge in [-0.1, -0.05) is 61.7 Å². The van der Waals surface area contributed by atoms with E-state index in [1.165, 1.54) is 6.42 Å². The number of hydrazine groups is 1. The van der Waals surface area contributed by atoms with Gasteiger partial charge >= 0.3 is 12.2 Å². The normalized spacial score (nSPS) is 15.2. The minimum absolute atomic E-state index is 0.186. The molecule has 1 saturated carbocycles.